The van der Waals surface area contributed by atoms with Gasteiger partial charge in [-0.3, -0.25) is 10.1 Å². The molecular weight excluding hydrogens is 408 g/mol. The first-order chi connectivity index (χ1) is 14.0. The van der Waals surface area contributed by atoms with Crippen LogP contribution < -0.4 is 5.32 Å². The number of nitrogens with one attached hydrogen (secondary N) is 1. The zero-order valence-corrected chi connectivity index (χ0v) is 18.7. The molecule has 1 aromatic rings. The van der Waals surface area contributed by atoms with E-state index >= 15 is 0 Å². The Morgan fingerprint density at radius 2 is 1.76 bits per heavy atom. The molecule has 8 heteroatoms. The largest absolute Gasteiger partial charge is 0.342 e. The average molecular weight is 439 g/mol. The van der Waals surface area contributed by atoms with Crippen LogP contribution in [0.5, 0.6) is 0 Å². The number of hydrogen-bond acceptors (Lipinski definition) is 4. The Labute approximate surface area is 182 Å². The average Bonchev–Trinajstić information content (AvgIpc) is 3.07. The van der Waals surface area contributed by atoms with Gasteiger partial charge in [0.15, 0.2) is 5.13 Å². The van der Waals surface area contributed by atoms with E-state index in [0.717, 1.165) is 70.4 Å². The Bertz CT molecular complexity index is 722. The van der Waals surface area contributed by atoms with Crippen LogP contribution in [0.4, 0.5) is 9.93 Å². The number of rotatable bonds is 4. The first-order valence-corrected chi connectivity index (χ1v) is 12.2. The summed E-state index contributed by atoms with van der Waals surface area (Å²) in [6.07, 6.45) is 11.0. The van der Waals surface area contributed by atoms with Gasteiger partial charge in [0.2, 0.25) is 5.91 Å². The summed E-state index contributed by atoms with van der Waals surface area (Å²) in [4.78, 5) is 34.1. The SMILES string of the molecule is C[C@H]1CC[C@H](N(C(=O)Nc2ncc(Cl)s2)C2CCN(C(=O)C3CCC3)CC2)CC1. The maximum Gasteiger partial charge on any atom is 0.324 e. The van der Waals surface area contributed by atoms with Gasteiger partial charge in [-0.15, -0.1) is 0 Å². The zero-order valence-electron chi connectivity index (χ0n) is 17.1. The number of anilines is 1. The van der Waals surface area contributed by atoms with Gasteiger partial charge >= 0.3 is 6.03 Å². The van der Waals surface area contributed by atoms with Gasteiger partial charge in [-0.2, -0.15) is 0 Å². The summed E-state index contributed by atoms with van der Waals surface area (Å²) in [6.45, 7) is 3.81. The fourth-order valence-corrected chi connectivity index (χ4v) is 5.70. The van der Waals surface area contributed by atoms with Crippen LogP contribution >= 0.6 is 22.9 Å². The lowest BCUT2D eigenvalue weighted by Crippen LogP contribution is -2.55. The van der Waals surface area contributed by atoms with Crippen LogP contribution in [0.15, 0.2) is 6.20 Å². The zero-order chi connectivity index (χ0) is 20.4. The number of urea groups is 1. The summed E-state index contributed by atoms with van der Waals surface area (Å²) in [5.41, 5.74) is 0. The molecule has 1 aromatic heterocycles. The summed E-state index contributed by atoms with van der Waals surface area (Å²) in [5, 5.41) is 3.52. The highest BCUT2D eigenvalue weighted by Gasteiger charge is 2.37. The molecule has 4 rings (SSSR count). The number of piperidine rings is 1. The van der Waals surface area contributed by atoms with E-state index in [4.69, 9.17) is 11.6 Å². The molecule has 0 aromatic carbocycles. The van der Waals surface area contributed by atoms with Crippen LogP contribution in [0.25, 0.3) is 0 Å². The fraction of sp³-hybridized carbons (Fsp3) is 0.762. The van der Waals surface area contributed by atoms with Crippen molar-refractivity contribution in [2.45, 2.75) is 76.8 Å². The molecule has 0 atom stereocenters. The van der Waals surface area contributed by atoms with Crippen LogP contribution in [0.1, 0.15) is 64.7 Å². The molecule has 3 amide bonds. The van der Waals surface area contributed by atoms with E-state index in [2.05, 4.69) is 22.1 Å². The van der Waals surface area contributed by atoms with Gasteiger partial charge in [-0.25, -0.2) is 9.78 Å². The molecule has 1 aliphatic heterocycles. The number of carbonyl (C=O) groups is 2. The second-order valence-electron chi connectivity index (χ2n) is 8.90. The smallest absolute Gasteiger partial charge is 0.324 e. The van der Waals surface area contributed by atoms with Crippen molar-refractivity contribution in [3.63, 3.8) is 0 Å². The van der Waals surface area contributed by atoms with E-state index < -0.39 is 0 Å². The van der Waals surface area contributed by atoms with Gasteiger partial charge in [0, 0.05) is 31.1 Å². The molecule has 0 unspecified atom stereocenters. The van der Waals surface area contributed by atoms with Crippen LogP contribution in [-0.4, -0.2) is 51.9 Å². The summed E-state index contributed by atoms with van der Waals surface area (Å²) >= 11 is 7.26. The molecule has 3 aliphatic rings. The number of likely N-dealkylation sites (tertiary alicyclic amines) is 1. The van der Waals surface area contributed by atoms with Gasteiger partial charge < -0.3 is 9.80 Å². The van der Waals surface area contributed by atoms with Crippen LogP contribution in [0, 0.1) is 11.8 Å². The van der Waals surface area contributed by atoms with Crippen LogP contribution in [0.3, 0.4) is 0 Å². The maximum atomic E-state index is 13.2. The molecule has 1 N–H and O–H groups in total. The van der Waals surface area contributed by atoms with Crippen LogP contribution in [0.2, 0.25) is 4.34 Å². The third-order valence-electron chi connectivity index (χ3n) is 6.93. The highest BCUT2D eigenvalue weighted by molar-refractivity contribution is 7.19. The molecule has 6 nitrogen and oxygen atoms in total. The van der Waals surface area contributed by atoms with Gasteiger partial charge in [-0.05, 0) is 57.3 Å². The van der Waals surface area contributed by atoms with Crippen molar-refractivity contribution in [2.24, 2.45) is 11.8 Å². The maximum absolute atomic E-state index is 13.2. The number of hydrogen-bond donors (Lipinski definition) is 1. The molecule has 29 heavy (non-hydrogen) atoms. The highest BCUT2D eigenvalue weighted by atomic mass is 35.5. The lowest BCUT2D eigenvalue weighted by Gasteiger charge is -2.45. The quantitative estimate of drug-likeness (QED) is 0.719. The van der Waals surface area contributed by atoms with E-state index in [0.29, 0.717) is 15.4 Å². The van der Waals surface area contributed by atoms with E-state index in [1.807, 2.05) is 4.90 Å². The first-order valence-electron chi connectivity index (χ1n) is 11.0. The summed E-state index contributed by atoms with van der Waals surface area (Å²) in [6, 6.07) is 0.370. The second-order valence-corrected chi connectivity index (χ2v) is 10.6. The number of carbonyl (C=O) groups excluding carboxylic acids is 2. The van der Waals surface area contributed by atoms with Crippen molar-refractivity contribution in [1.82, 2.24) is 14.8 Å². The Kier molecular flexibility index (Phi) is 6.64. The molecule has 2 saturated carbocycles. The van der Waals surface area contributed by atoms with Crippen molar-refractivity contribution in [1.29, 1.82) is 0 Å². The molecule has 160 valence electrons. The molecule has 2 heterocycles. The van der Waals surface area contributed by atoms with Crippen LogP contribution in [-0.2, 0) is 4.79 Å². The number of thiazole rings is 1. The van der Waals surface area contributed by atoms with Crippen molar-refractivity contribution >= 4 is 40.0 Å². The van der Waals surface area contributed by atoms with Crippen molar-refractivity contribution in [3.8, 4) is 0 Å². The topological polar surface area (TPSA) is 65.5 Å². The predicted molar refractivity (Wildman–Crippen MR) is 116 cm³/mol. The van der Waals surface area contributed by atoms with E-state index in [-0.39, 0.29) is 24.0 Å². The van der Waals surface area contributed by atoms with Crippen molar-refractivity contribution < 1.29 is 9.59 Å². The number of amides is 3. The summed E-state index contributed by atoms with van der Waals surface area (Å²) in [7, 11) is 0. The molecular formula is C21H31ClN4O2S. The Balaban J connectivity index is 1.42. The summed E-state index contributed by atoms with van der Waals surface area (Å²) in [5.74, 6) is 1.31. The minimum absolute atomic E-state index is 0.0701. The monoisotopic (exact) mass is 438 g/mol. The minimum Gasteiger partial charge on any atom is -0.342 e. The van der Waals surface area contributed by atoms with Gasteiger partial charge in [-0.1, -0.05) is 36.3 Å². The lowest BCUT2D eigenvalue weighted by atomic mass is 9.83. The third kappa shape index (κ3) is 4.88. The first kappa shape index (κ1) is 20.9. The Hall–Kier alpha value is -1.34. The fourth-order valence-electron chi connectivity index (χ4n) is 4.90. The molecule has 0 spiro atoms. The van der Waals surface area contributed by atoms with Gasteiger partial charge in [0.1, 0.15) is 4.34 Å². The molecule has 2 aliphatic carbocycles. The van der Waals surface area contributed by atoms with Gasteiger partial charge in [0.05, 0.1) is 6.20 Å². The summed E-state index contributed by atoms with van der Waals surface area (Å²) < 4.78 is 0.571. The lowest BCUT2D eigenvalue weighted by molar-refractivity contribution is -0.139. The second kappa shape index (κ2) is 9.21. The molecule has 3 fully saturated rings. The number of nitrogens with zero attached hydrogens (tertiary/aromatic N) is 3. The van der Waals surface area contributed by atoms with E-state index in [1.54, 1.807) is 6.20 Å². The highest BCUT2D eigenvalue weighted by Crippen LogP contribution is 2.33. The van der Waals surface area contributed by atoms with E-state index in [1.165, 1.54) is 17.8 Å². The normalized spacial score (nSPS) is 26.1. The standard InChI is InChI=1S/C21H31ClN4O2S/c1-14-5-7-16(8-6-14)26(21(28)24-20-23-13-18(22)29-20)17-9-11-25(12-10-17)19(27)15-3-2-4-15/h13-17H,2-12H2,1H3,(H,23,24,28)/t14-,16-. The third-order valence-corrected chi connectivity index (χ3v) is 7.96. The molecule has 0 radical (unpaired) electrons. The number of aromatic nitrogens is 1. The Morgan fingerprint density at radius 1 is 1.10 bits per heavy atom. The van der Waals surface area contributed by atoms with E-state index in [9.17, 15) is 9.59 Å². The minimum atomic E-state index is -0.0701. The van der Waals surface area contributed by atoms with Crippen molar-refractivity contribution in [2.75, 3.05) is 18.4 Å². The molecule has 0 bridgehead atoms. The Morgan fingerprint density at radius 3 is 2.31 bits per heavy atom. The van der Waals surface area contributed by atoms with Crippen molar-refractivity contribution in [3.05, 3.63) is 10.5 Å². The number of halogens is 1. The van der Waals surface area contributed by atoms with Gasteiger partial charge in [0.25, 0.3) is 0 Å². The predicted octanol–water partition coefficient (Wildman–Crippen LogP) is 5.00. The molecule has 1 saturated heterocycles.